The third kappa shape index (κ3) is 5.71. The van der Waals surface area contributed by atoms with Crippen LogP contribution in [0.2, 0.25) is 0 Å². The SMILES string of the molecule is c1ccc(-n2c3ccccc3c3ccccc32)c(-c2ccc(N(c3ccc(-c4cccc5c4sc4c6ccccc6ccc54)cc3)c3ccc4ccc5ccccc5c4c3)cc2)c1. The molecule has 63 heavy (non-hydrogen) atoms. The first-order valence-corrected chi connectivity index (χ1v) is 22.4. The summed E-state index contributed by atoms with van der Waals surface area (Å²) in [6, 6.07) is 84.6. The quantitative estimate of drug-likeness (QED) is 0.152. The van der Waals surface area contributed by atoms with Crippen molar-refractivity contribution < 1.29 is 0 Å². The van der Waals surface area contributed by atoms with Crippen molar-refractivity contribution in [2.45, 2.75) is 0 Å². The van der Waals surface area contributed by atoms with E-state index in [9.17, 15) is 0 Å². The molecular weight excluding hydrogens is 781 g/mol. The van der Waals surface area contributed by atoms with Gasteiger partial charge >= 0.3 is 0 Å². The van der Waals surface area contributed by atoms with E-state index in [0.29, 0.717) is 0 Å². The maximum atomic E-state index is 2.42. The van der Waals surface area contributed by atoms with Gasteiger partial charge in [0.05, 0.1) is 16.7 Å². The number of hydrogen-bond donors (Lipinski definition) is 0. The van der Waals surface area contributed by atoms with Crippen molar-refractivity contribution in [3.63, 3.8) is 0 Å². The standard InChI is InChI=1S/C60H38N2S/c1-3-14-47-39(12-1)24-25-43-30-36-46(38-55(43)47)61(45-34-28-42(29-35-45)50-19-11-20-53-54-37-31-40-13-2-4-16-49(40)60(54)63-59(50)53)44-32-26-41(27-33-44)48-15-5-8-21-56(48)62-57-22-9-6-17-51(57)52-18-7-10-23-58(52)62/h1-38H. The molecule has 0 atom stereocenters. The number of para-hydroxylation sites is 3. The Morgan fingerprint density at radius 1 is 0.302 bits per heavy atom. The number of fused-ring (bicyclic) bond motifs is 11. The first-order chi connectivity index (χ1) is 31.2. The number of anilines is 3. The molecule has 0 bridgehead atoms. The number of benzene rings is 11. The summed E-state index contributed by atoms with van der Waals surface area (Å²) in [4.78, 5) is 2.40. The molecule has 3 heteroatoms. The predicted octanol–water partition coefficient (Wildman–Crippen LogP) is 17.4. The van der Waals surface area contributed by atoms with Gasteiger partial charge < -0.3 is 9.47 Å². The van der Waals surface area contributed by atoms with Crippen LogP contribution < -0.4 is 4.90 Å². The molecule has 0 N–H and O–H groups in total. The largest absolute Gasteiger partial charge is 0.310 e. The van der Waals surface area contributed by atoms with Crippen LogP contribution in [0.1, 0.15) is 0 Å². The second-order valence-corrected chi connectivity index (χ2v) is 17.5. The monoisotopic (exact) mass is 818 g/mol. The van der Waals surface area contributed by atoms with E-state index in [1.54, 1.807) is 0 Å². The molecule has 0 aliphatic rings. The second-order valence-electron chi connectivity index (χ2n) is 16.5. The molecule has 0 saturated heterocycles. The minimum atomic E-state index is 1.10. The zero-order chi connectivity index (χ0) is 41.4. The molecule has 0 radical (unpaired) electrons. The topological polar surface area (TPSA) is 8.17 Å². The Labute approximate surface area is 368 Å². The molecule has 0 fully saturated rings. The van der Waals surface area contributed by atoms with Crippen LogP contribution in [-0.2, 0) is 0 Å². The van der Waals surface area contributed by atoms with Gasteiger partial charge in [0.1, 0.15) is 0 Å². The highest BCUT2D eigenvalue weighted by Gasteiger charge is 2.19. The molecule has 11 aromatic carbocycles. The number of thiophene rings is 1. The smallest absolute Gasteiger partial charge is 0.0541 e. The van der Waals surface area contributed by atoms with E-state index in [1.165, 1.54) is 102 Å². The molecule has 13 rings (SSSR count). The molecule has 0 amide bonds. The molecule has 13 aromatic rings. The molecule has 0 saturated carbocycles. The summed E-state index contributed by atoms with van der Waals surface area (Å²) in [6.07, 6.45) is 0. The molecule has 294 valence electrons. The van der Waals surface area contributed by atoms with Crippen molar-refractivity contribution in [1.29, 1.82) is 0 Å². The normalized spacial score (nSPS) is 11.8. The van der Waals surface area contributed by atoms with Gasteiger partial charge in [-0.05, 0) is 104 Å². The van der Waals surface area contributed by atoms with Gasteiger partial charge in [-0.15, -0.1) is 11.3 Å². The highest BCUT2D eigenvalue weighted by molar-refractivity contribution is 7.27. The zero-order valence-electron chi connectivity index (χ0n) is 34.2. The lowest BCUT2D eigenvalue weighted by Gasteiger charge is -2.26. The van der Waals surface area contributed by atoms with Crippen LogP contribution in [0.25, 0.3) is 102 Å². The lowest BCUT2D eigenvalue weighted by molar-refractivity contribution is 1.18. The molecule has 2 nitrogen and oxygen atoms in total. The first kappa shape index (κ1) is 35.7. The van der Waals surface area contributed by atoms with E-state index < -0.39 is 0 Å². The molecule has 0 unspecified atom stereocenters. The summed E-state index contributed by atoms with van der Waals surface area (Å²) in [5.41, 5.74) is 11.7. The van der Waals surface area contributed by atoms with Crippen molar-refractivity contribution >= 4 is 103 Å². The van der Waals surface area contributed by atoms with Crippen LogP contribution in [0, 0.1) is 0 Å². The Balaban J connectivity index is 0.944. The summed E-state index contributed by atoms with van der Waals surface area (Å²) in [5, 5.41) is 12.7. The van der Waals surface area contributed by atoms with Gasteiger partial charge in [-0.2, -0.15) is 0 Å². The Bertz CT molecular complexity index is 3860. The molecule has 0 aliphatic heterocycles. The molecule has 0 aliphatic carbocycles. The van der Waals surface area contributed by atoms with Crippen molar-refractivity contribution in [2.24, 2.45) is 0 Å². The fraction of sp³-hybridized carbons (Fsp3) is 0. The second kappa shape index (κ2) is 14.3. The van der Waals surface area contributed by atoms with Gasteiger partial charge in [0.15, 0.2) is 0 Å². The van der Waals surface area contributed by atoms with Gasteiger partial charge in [0.25, 0.3) is 0 Å². The van der Waals surface area contributed by atoms with Crippen molar-refractivity contribution in [1.82, 2.24) is 4.57 Å². The molecular formula is C60H38N2S. The summed E-state index contributed by atoms with van der Waals surface area (Å²) in [6.45, 7) is 0. The average Bonchev–Trinajstić information content (AvgIpc) is 3.91. The highest BCUT2D eigenvalue weighted by Crippen LogP contribution is 2.45. The van der Waals surface area contributed by atoms with Crippen LogP contribution in [0.3, 0.4) is 0 Å². The summed E-state index contributed by atoms with van der Waals surface area (Å²) in [5.74, 6) is 0. The van der Waals surface area contributed by atoms with E-state index in [0.717, 1.165) is 17.1 Å². The van der Waals surface area contributed by atoms with Gasteiger partial charge in [0, 0.05) is 53.6 Å². The van der Waals surface area contributed by atoms with Gasteiger partial charge in [-0.1, -0.05) is 176 Å². The zero-order valence-corrected chi connectivity index (χ0v) is 35.1. The number of hydrogen-bond acceptors (Lipinski definition) is 2. The van der Waals surface area contributed by atoms with E-state index in [1.807, 2.05) is 11.3 Å². The van der Waals surface area contributed by atoms with Crippen molar-refractivity contribution in [3.05, 3.63) is 231 Å². The highest BCUT2D eigenvalue weighted by atomic mass is 32.1. The van der Waals surface area contributed by atoms with E-state index >= 15 is 0 Å². The van der Waals surface area contributed by atoms with Crippen molar-refractivity contribution in [3.8, 4) is 27.9 Å². The maximum Gasteiger partial charge on any atom is 0.0541 e. The third-order valence-electron chi connectivity index (χ3n) is 13.0. The van der Waals surface area contributed by atoms with Crippen LogP contribution in [0.4, 0.5) is 17.1 Å². The van der Waals surface area contributed by atoms with Gasteiger partial charge in [0.2, 0.25) is 0 Å². The summed E-state index contributed by atoms with van der Waals surface area (Å²) in [7, 11) is 0. The number of nitrogens with zero attached hydrogens (tertiary/aromatic N) is 2. The van der Waals surface area contributed by atoms with Crippen molar-refractivity contribution in [2.75, 3.05) is 4.90 Å². The van der Waals surface area contributed by atoms with E-state index in [4.69, 9.17) is 0 Å². The van der Waals surface area contributed by atoms with Gasteiger partial charge in [-0.25, -0.2) is 0 Å². The summed E-state index contributed by atoms with van der Waals surface area (Å²) >= 11 is 1.91. The Hall–Kier alpha value is -7.98. The van der Waals surface area contributed by atoms with Crippen LogP contribution in [0.15, 0.2) is 231 Å². The maximum absolute atomic E-state index is 2.42. The lowest BCUT2D eigenvalue weighted by atomic mass is 9.99. The first-order valence-electron chi connectivity index (χ1n) is 21.6. The van der Waals surface area contributed by atoms with E-state index in [2.05, 4.69) is 240 Å². The number of rotatable bonds is 6. The molecule has 2 heterocycles. The van der Waals surface area contributed by atoms with Crippen LogP contribution >= 0.6 is 11.3 Å². The number of aromatic nitrogens is 1. The third-order valence-corrected chi connectivity index (χ3v) is 14.3. The van der Waals surface area contributed by atoms with Crippen LogP contribution in [-0.4, -0.2) is 4.57 Å². The minimum Gasteiger partial charge on any atom is -0.310 e. The Kier molecular flexibility index (Phi) is 8.12. The minimum absolute atomic E-state index is 1.10. The lowest BCUT2D eigenvalue weighted by Crippen LogP contribution is -2.10. The molecule has 2 aromatic heterocycles. The fourth-order valence-electron chi connectivity index (χ4n) is 10.0. The molecule has 0 spiro atoms. The van der Waals surface area contributed by atoms with Crippen LogP contribution in [0.5, 0.6) is 0 Å². The van der Waals surface area contributed by atoms with Gasteiger partial charge in [-0.3, -0.25) is 0 Å². The summed E-state index contributed by atoms with van der Waals surface area (Å²) < 4.78 is 5.10. The Morgan fingerprint density at radius 2 is 0.778 bits per heavy atom. The predicted molar refractivity (Wildman–Crippen MR) is 272 cm³/mol. The Morgan fingerprint density at radius 3 is 1.49 bits per heavy atom. The van der Waals surface area contributed by atoms with E-state index in [-0.39, 0.29) is 0 Å². The average molecular weight is 819 g/mol. The fourth-order valence-corrected chi connectivity index (χ4v) is 11.4.